The zero-order valence-corrected chi connectivity index (χ0v) is 10.8. The minimum absolute atomic E-state index is 0.0241. The van der Waals surface area contributed by atoms with Crippen molar-refractivity contribution in [1.82, 2.24) is 10.5 Å². The van der Waals surface area contributed by atoms with Crippen LogP contribution in [0.4, 0.5) is 0 Å². The second-order valence-corrected chi connectivity index (χ2v) is 4.68. The molecule has 0 aliphatic carbocycles. The number of hydrogen-bond donors (Lipinski definition) is 2. The van der Waals surface area contributed by atoms with Gasteiger partial charge in [-0.25, -0.2) is 0 Å². The van der Waals surface area contributed by atoms with E-state index in [1.165, 1.54) is 0 Å². The number of nitrogens with one attached hydrogen (secondary N) is 1. The number of amides is 1. The number of nitrogens with zero attached hydrogens (tertiary/aromatic N) is 1. The summed E-state index contributed by atoms with van der Waals surface area (Å²) >= 11 is 0. The number of aliphatic carboxylic acids is 1. The van der Waals surface area contributed by atoms with E-state index in [0.717, 1.165) is 0 Å². The highest BCUT2D eigenvalue weighted by atomic mass is 16.5. The van der Waals surface area contributed by atoms with Crippen molar-refractivity contribution in [2.24, 2.45) is 5.92 Å². The van der Waals surface area contributed by atoms with Crippen molar-refractivity contribution in [2.45, 2.75) is 33.1 Å². The standard InChI is InChI=1S/C12H18N2O4/c1-7(2)10-5-9(14-18-10)12(17)13-6-8(3)4-11(15)16/h5,7-8H,4,6H2,1-3H3,(H,13,17)(H,15,16). The SMILES string of the molecule is CC(CNC(=O)c1cc(C(C)C)on1)CC(=O)O. The molecule has 0 fully saturated rings. The third-order valence-corrected chi connectivity index (χ3v) is 2.46. The van der Waals surface area contributed by atoms with Crippen LogP contribution in [0, 0.1) is 5.92 Å². The van der Waals surface area contributed by atoms with Gasteiger partial charge in [0, 0.05) is 24.9 Å². The molecule has 100 valence electrons. The van der Waals surface area contributed by atoms with Crippen LogP contribution in [-0.2, 0) is 4.79 Å². The summed E-state index contributed by atoms with van der Waals surface area (Å²) in [5.74, 6) is -0.519. The fourth-order valence-corrected chi connectivity index (χ4v) is 1.40. The lowest BCUT2D eigenvalue weighted by Crippen LogP contribution is -2.29. The van der Waals surface area contributed by atoms with E-state index < -0.39 is 5.97 Å². The summed E-state index contributed by atoms with van der Waals surface area (Å²) in [4.78, 5) is 22.2. The lowest BCUT2D eigenvalue weighted by atomic mass is 10.1. The summed E-state index contributed by atoms with van der Waals surface area (Å²) in [6.45, 7) is 5.94. The molecule has 1 rings (SSSR count). The van der Waals surface area contributed by atoms with Crippen LogP contribution in [-0.4, -0.2) is 28.7 Å². The lowest BCUT2D eigenvalue weighted by Gasteiger charge is -2.08. The Morgan fingerprint density at radius 1 is 1.44 bits per heavy atom. The van der Waals surface area contributed by atoms with Crippen LogP contribution in [0.5, 0.6) is 0 Å². The maximum atomic E-state index is 11.7. The van der Waals surface area contributed by atoms with Crippen LogP contribution < -0.4 is 5.32 Å². The Morgan fingerprint density at radius 2 is 2.11 bits per heavy atom. The van der Waals surface area contributed by atoms with Gasteiger partial charge in [-0.05, 0) is 5.92 Å². The van der Waals surface area contributed by atoms with Crippen LogP contribution in [0.2, 0.25) is 0 Å². The number of hydrogen-bond acceptors (Lipinski definition) is 4. The largest absolute Gasteiger partial charge is 0.481 e. The van der Waals surface area contributed by atoms with E-state index in [2.05, 4.69) is 10.5 Å². The molecule has 0 aliphatic heterocycles. The molecule has 6 heteroatoms. The van der Waals surface area contributed by atoms with E-state index in [1.807, 2.05) is 13.8 Å². The minimum atomic E-state index is -0.875. The molecular weight excluding hydrogens is 236 g/mol. The maximum Gasteiger partial charge on any atom is 0.303 e. The molecule has 0 spiro atoms. The zero-order valence-electron chi connectivity index (χ0n) is 10.8. The molecule has 1 amide bonds. The smallest absolute Gasteiger partial charge is 0.303 e. The summed E-state index contributed by atoms with van der Waals surface area (Å²) in [6, 6.07) is 1.60. The molecule has 0 radical (unpaired) electrons. The molecule has 1 heterocycles. The molecule has 1 unspecified atom stereocenters. The van der Waals surface area contributed by atoms with Gasteiger partial charge in [0.2, 0.25) is 0 Å². The topological polar surface area (TPSA) is 92.4 Å². The van der Waals surface area contributed by atoms with Crippen LogP contribution in [0.15, 0.2) is 10.6 Å². The number of aromatic nitrogens is 1. The van der Waals surface area contributed by atoms with E-state index >= 15 is 0 Å². The Kier molecular flexibility index (Phi) is 4.88. The molecule has 2 N–H and O–H groups in total. The van der Waals surface area contributed by atoms with Crippen molar-refractivity contribution < 1.29 is 19.2 Å². The molecule has 6 nitrogen and oxygen atoms in total. The second-order valence-electron chi connectivity index (χ2n) is 4.68. The third kappa shape index (κ3) is 4.20. The first-order valence-corrected chi connectivity index (χ1v) is 5.86. The highest BCUT2D eigenvalue weighted by Gasteiger charge is 2.15. The number of carbonyl (C=O) groups is 2. The first-order valence-electron chi connectivity index (χ1n) is 5.86. The van der Waals surface area contributed by atoms with E-state index in [9.17, 15) is 9.59 Å². The van der Waals surface area contributed by atoms with Crippen molar-refractivity contribution in [3.63, 3.8) is 0 Å². The van der Waals surface area contributed by atoms with Gasteiger partial charge in [0.15, 0.2) is 5.69 Å². The average Bonchev–Trinajstić information content (AvgIpc) is 2.74. The summed E-state index contributed by atoms with van der Waals surface area (Å²) in [5.41, 5.74) is 0.223. The molecule has 0 bridgehead atoms. The molecular formula is C12H18N2O4. The van der Waals surface area contributed by atoms with Crippen molar-refractivity contribution in [2.75, 3.05) is 6.54 Å². The van der Waals surface area contributed by atoms with E-state index in [4.69, 9.17) is 9.63 Å². The molecule has 0 saturated carbocycles. The van der Waals surface area contributed by atoms with Crippen molar-refractivity contribution in [1.29, 1.82) is 0 Å². The first kappa shape index (κ1) is 14.2. The fourth-order valence-electron chi connectivity index (χ4n) is 1.40. The molecule has 1 aromatic rings. The Balaban J connectivity index is 2.47. The van der Waals surface area contributed by atoms with Crippen molar-refractivity contribution >= 4 is 11.9 Å². The lowest BCUT2D eigenvalue weighted by molar-refractivity contribution is -0.137. The van der Waals surface area contributed by atoms with Gasteiger partial charge in [-0.2, -0.15) is 0 Å². The van der Waals surface area contributed by atoms with Crippen LogP contribution in [0.1, 0.15) is 49.4 Å². The quantitative estimate of drug-likeness (QED) is 0.805. The molecule has 0 aromatic carbocycles. The number of carboxylic acids is 1. The molecule has 0 saturated heterocycles. The van der Waals surface area contributed by atoms with Gasteiger partial charge in [0.05, 0.1) is 0 Å². The summed E-state index contributed by atoms with van der Waals surface area (Å²) in [6.07, 6.45) is 0.0241. The van der Waals surface area contributed by atoms with Gasteiger partial charge in [-0.15, -0.1) is 0 Å². The van der Waals surface area contributed by atoms with Gasteiger partial charge in [0.25, 0.3) is 5.91 Å². The molecule has 18 heavy (non-hydrogen) atoms. The predicted octanol–water partition coefficient (Wildman–Crippen LogP) is 1.64. The highest BCUT2D eigenvalue weighted by molar-refractivity contribution is 5.92. The van der Waals surface area contributed by atoms with Crippen LogP contribution >= 0.6 is 0 Å². The highest BCUT2D eigenvalue weighted by Crippen LogP contribution is 2.14. The van der Waals surface area contributed by atoms with Crippen molar-refractivity contribution in [3.05, 3.63) is 17.5 Å². The first-order chi connectivity index (χ1) is 8.40. The third-order valence-electron chi connectivity index (χ3n) is 2.46. The summed E-state index contributed by atoms with van der Waals surface area (Å²) in [7, 11) is 0. The van der Waals surface area contributed by atoms with Gasteiger partial charge < -0.3 is 14.9 Å². The van der Waals surface area contributed by atoms with E-state index in [1.54, 1.807) is 13.0 Å². The number of carbonyl (C=O) groups excluding carboxylic acids is 1. The second kappa shape index (κ2) is 6.18. The van der Waals surface area contributed by atoms with Gasteiger partial charge in [0.1, 0.15) is 5.76 Å². The Morgan fingerprint density at radius 3 is 2.61 bits per heavy atom. The number of rotatable bonds is 6. The summed E-state index contributed by atoms with van der Waals surface area (Å²) < 4.78 is 5.01. The maximum absolute atomic E-state index is 11.7. The molecule has 1 atom stereocenters. The Hall–Kier alpha value is -1.85. The zero-order chi connectivity index (χ0) is 13.7. The predicted molar refractivity (Wildman–Crippen MR) is 64.3 cm³/mol. The normalized spacial score (nSPS) is 12.4. The fraction of sp³-hybridized carbons (Fsp3) is 0.583. The molecule has 1 aromatic heterocycles. The minimum Gasteiger partial charge on any atom is -0.481 e. The van der Waals surface area contributed by atoms with E-state index in [-0.39, 0.29) is 29.9 Å². The molecule has 0 aliphatic rings. The monoisotopic (exact) mass is 254 g/mol. The van der Waals surface area contributed by atoms with Gasteiger partial charge in [-0.1, -0.05) is 25.9 Å². The average molecular weight is 254 g/mol. The van der Waals surface area contributed by atoms with Gasteiger partial charge >= 0.3 is 5.97 Å². The van der Waals surface area contributed by atoms with Crippen molar-refractivity contribution in [3.8, 4) is 0 Å². The van der Waals surface area contributed by atoms with E-state index in [0.29, 0.717) is 12.3 Å². The summed E-state index contributed by atoms with van der Waals surface area (Å²) in [5, 5.41) is 14.9. The Bertz CT molecular complexity index is 425. The Labute approximate surface area is 105 Å². The van der Waals surface area contributed by atoms with Gasteiger partial charge in [-0.3, -0.25) is 9.59 Å². The van der Waals surface area contributed by atoms with Crippen LogP contribution in [0.3, 0.4) is 0 Å². The number of carboxylic acid groups (broad SMARTS) is 1. The van der Waals surface area contributed by atoms with Crippen LogP contribution in [0.25, 0.3) is 0 Å².